The van der Waals surface area contributed by atoms with Gasteiger partial charge in [0.15, 0.2) is 0 Å². The lowest BCUT2D eigenvalue weighted by molar-refractivity contribution is -0.385. The van der Waals surface area contributed by atoms with E-state index in [9.17, 15) is 20.0 Å². The van der Waals surface area contributed by atoms with Crippen LogP contribution in [0.3, 0.4) is 0 Å². The predicted molar refractivity (Wildman–Crippen MR) is 95.8 cm³/mol. The summed E-state index contributed by atoms with van der Waals surface area (Å²) in [4.78, 5) is 24.7. The Bertz CT molecular complexity index is 817. The highest BCUT2D eigenvalue weighted by molar-refractivity contribution is 6.30. The molecule has 1 fully saturated rings. The van der Waals surface area contributed by atoms with E-state index in [1.807, 2.05) is 0 Å². The first-order valence-electron chi connectivity index (χ1n) is 8.13. The van der Waals surface area contributed by atoms with Gasteiger partial charge in [-0.15, -0.1) is 0 Å². The number of carbonyl (C=O) groups is 1. The van der Waals surface area contributed by atoms with E-state index >= 15 is 0 Å². The lowest BCUT2D eigenvalue weighted by atomic mass is 10.1. The van der Waals surface area contributed by atoms with E-state index in [2.05, 4.69) is 0 Å². The molecule has 0 aliphatic carbocycles. The number of aliphatic hydroxyl groups excluding tert-OH is 1. The number of benzene rings is 2. The maximum absolute atomic E-state index is 12.5. The van der Waals surface area contributed by atoms with Crippen molar-refractivity contribution in [2.75, 3.05) is 13.1 Å². The van der Waals surface area contributed by atoms with Crippen molar-refractivity contribution >= 4 is 23.2 Å². The molecule has 1 aliphatic heterocycles. The van der Waals surface area contributed by atoms with Crippen LogP contribution in [0.2, 0.25) is 5.02 Å². The molecule has 0 radical (unpaired) electrons. The first kappa shape index (κ1) is 18.2. The third-order valence-corrected chi connectivity index (χ3v) is 4.43. The Hall–Kier alpha value is -2.64. The summed E-state index contributed by atoms with van der Waals surface area (Å²) < 4.78 is 5.56. The second-order valence-corrected chi connectivity index (χ2v) is 6.46. The van der Waals surface area contributed by atoms with E-state index in [1.54, 1.807) is 29.2 Å². The first-order valence-corrected chi connectivity index (χ1v) is 8.51. The van der Waals surface area contributed by atoms with Gasteiger partial charge in [0.05, 0.1) is 11.0 Å². The molecule has 1 amide bonds. The van der Waals surface area contributed by atoms with Crippen LogP contribution in [-0.4, -0.2) is 40.0 Å². The minimum atomic E-state index is -0.566. The molecule has 8 heteroatoms. The maximum Gasteiger partial charge on any atom is 0.313 e. The second-order valence-electron chi connectivity index (χ2n) is 6.02. The topological polar surface area (TPSA) is 92.9 Å². The van der Waals surface area contributed by atoms with E-state index in [-0.39, 0.29) is 28.5 Å². The fraction of sp³-hybridized carbons (Fsp3) is 0.278. The molecule has 26 heavy (non-hydrogen) atoms. The van der Waals surface area contributed by atoms with Gasteiger partial charge in [0.1, 0.15) is 5.75 Å². The normalized spacial score (nSPS) is 14.9. The first-order chi connectivity index (χ1) is 12.4. The molecule has 1 heterocycles. The molecule has 0 aromatic heterocycles. The molecule has 0 unspecified atom stereocenters. The number of rotatable bonds is 4. The van der Waals surface area contributed by atoms with Crippen molar-refractivity contribution in [1.82, 2.24) is 4.90 Å². The monoisotopic (exact) mass is 376 g/mol. The van der Waals surface area contributed by atoms with Crippen LogP contribution in [0.5, 0.6) is 11.5 Å². The predicted octanol–water partition coefficient (Wildman–Crippen LogP) is 3.64. The van der Waals surface area contributed by atoms with Gasteiger partial charge < -0.3 is 14.7 Å². The van der Waals surface area contributed by atoms with E-state index < -0.39 is 4.92 Å². The number of amides is 1. The van der Waals surface area contributed by atoms with Crippen LogP contribution in [-0.2, 0) is 0 Å². The minimum Gasteiger partial charge on any atom is -0.450 e. The van der Waals surface area contributed by atoms with Gasteiger partial charge in [0.25, 0.3) is 5.91 Å². The van der Waals surface area contributed by atoms with Crippen molar-refractivity contribution in [3.63, 3.8) is 0 Å². The number of hydrogen-bond acceptors (Lipinski definition) is 5. The third kappa shape index (κ3) is 4.12. The molecule has 2 aromatic rings. The van der Waals surface area contributed by atoms with Crippen LogP contribution in [0.15, 0.2) is 42.5 Å². The van der Waals surface area contributed by atoms with Crippen molar-refractivity contribution < 1.29 is 19.6 Å². The van der Waals surface area contributed by atoms with Crippen LogP contribution in [0, 0.1) is 10.1 Å². The van der Waals surface area contributed by atoms with Gasteiger partial charge in [-0.2, -0.15) is 0 Å². The number of aliphatic hydroxyl groups is 1. The number of piperidine rings is 1. The number of hydrogen-bond donors (Lipinski definition) is 1. The lowest BCUT2D eigenvalue weighted by Crippen LogP contribution is -2.40. The van der Waals surface area contributed by atoms with Crippen LogP contribution >= 0.6 is 11.6 Å². The molecule has 7 nitrogen and oxygen atoms in total. The molecule has 1 saturated heterocycles. The molecule has 2 aromatic carbocycles. The van der Waals surface area contributed by atoms with Crippen molar-refractivity contribution in [2.45, 2.75) is 18.9 Å². The molecular formula is C18H17ClN2O5. The van der Waals surface area contributed by atoms with Gasteiger partial charge >= 0.3 is 5.69 Å². The van der Waals surface area contributed by atoms with Crippen molar-refractivity contribution in [2.24, 2.45) is 0 Å². The molecule has 0 saturated carbocycles. The quantitative estimate of drug-likeness (QED) is 0.649. The second kappa shape index (κ2) is 7.72. The van der Waals surface area contributed by atoms with E-state index in [0.29, 0.717) is 37.2 Å². The number of likely N-dealkylation sites (tertiary alicyclic amines) is 1. The zero-order valence-electron chi connectivity index (χ0n) is 13.8. The summed E-state index contributed by atoms with van der Waals surface area (Å²) in [7, 11) is 0. The molecule has 0 bridgehead atoms. The number of ether oxygens (including phenoxy) is 1. The van der Waals surface area contributed by atoms with Crippen LogP contribution in [0.4, 0.5) is 5.69 Å². The summed E-state index contributed by atoms with van der Waals surface area (Å²) in [6, 6.07) is 10.6. The summed E-state index contributed by atoms with van der Waals surface area (Å²) >= 11 is 5.78. The van der Waals surface area contributed by atoms with Crippen LogP contribution < -0.4 is 4.74 Å². The maximum atomic E-state index is 12.5. The number of nitrogens with zero attached hydrogens (tertiary/aromatic N) is 2. The zero-order chi connectivity index (χ0) is 18.7. The zero-order valence-corrected chi connectivity index (χ0v) is 14.6. The fourth-order valence-electron chi connectivity index (χ4n) is 2.76. The van der Waals surface area contributed by atoms with Gasteiger partial charge in [-0.05, 0) is 49.2 Å². The fourth-order valence-corrected chi connectivity index (χ4v) is 2.93. The van der Waals surface area contributed by atoms with Gasteiger partial charge in [-0.3, -0.25) is 14.9 Å². The smallest absolute Gasteiger partial charge is 0.313 e. The number of nitro benzene ring substituents is 1. The van der Waals surface area contributed by atoms with Crippen LogP contribution in [0.25, 0.3) is 0 Å². The summed E-state index contributed by atoms with van der Waals surface area (Å²) in [5, 5.41) is 20.9. The average molecular weight is 377 g/mol. The van der Waals surface area contributed by atoms with Gasteiger partial charge in [0.2, 0.25) is 5.75 Å². The Kier molecular flexibility index (Phi) is 5.39. The SMILES string of the molecule is O=C(c1ccc(Oc2ccc(Cl)cc2[N+](=O)[O-])cc1)N1CCC(O)CC1. The van der Waals surface area contributed by atoms with E-state index in [1.165, 1.54) is 18.2 Å². The molecule has 1 N–H and O–H groups in total. The highest BCUT2D eigenvalue weighted by Gasteiger charge is 2.22. The van der Waals surface area contributed by atoms with Crippen molar-refractivity contribution in [3.05, 3.63) is 63.2 Å². The molecular weight excluding hydrogens is 360 g/mol. The Morgan fingerprint density at radius 2 is 1.85 bits per heavy atom. The molecule has 136 valence electrons. The van der Waals surface area contributed by atoms with Gasteiger partial charge in [0, 0.05) is 29.7 Å². The molecule has 0 atom stereocenters. The Labute approximate surface area is 154 Å². The van der Waals surface area contributed by atoms with Gasteiger partial charge in [-0.25, -0.2) is 0 Å². The number of carbonyl (C=O) groups excluding carboxylic acids is 1. The molecule has 0 spiro atoms. The largest absolute Gasteiger partial charge is 0.450 e. The number of halogens is 1. The Morgan fingerprint density at radius 1 is 1.19 bits per heavy atom. The molecule has 1 aliphatic rings. The Balaban J connectivity index is 1.72. The lowest BCUT2D eigenvalue weighted by Gasteiger charge is -2.29. The minimum absolute atomic E-state index is 0.0727. The van der Waals surface area contributed by atoms with Crippen molar-refractivity contribution in [3.8, 4) is 11.5 Å². The van der Waals surface area contributed by atoms with Crippen molar-refractivity contribution in [1.29, 1.82) is 0 Å². The van der Waals surface area contributed by atoms with E-state index in [0.717, 1.165) is 0 Å². The van der Waals surface area contributed by atoms with E-state index in [4.69, 9.17) is 16.3 Å². The van der Waals surface area contributed by atoms with Crippen LogP contribution in [0.1, 0.15) is 23.2 Å². The number of nitro groups is 1. The summed E-state index contributed by atoms with van der Waals surface area (Å²) in [6.07, 6.45) is 0.811. The average Bonchev–Trinajstić information content (AvgIpc) is 2.64. The molecule has 3 rings (SSSR count). The Morgan fingerprint density at radius 3 is 2.46 bits per heavy atom. The van der Waals surface area contributed by atoms with Gasteiger partial charge in [-0.1, -0.05) is 11.6 Å². The highest BCUT2D eigenvalue weighted by atomic mass is 35.5. The standard InChI is InChI=1S/C18H17ClN2O5/c19-13-3-6-17(16(11-13)21(24)25)26-15-4-1-12(2-5-15)18(23)20-9-7-14(22)8-10-20/h1-6,11,14,22H,7-10H2. The highest BCUT2D eigenvalue weighted by Crippen LogP contribution is 2.33. The summed E-state index contributed by atoms with van der Waals surface area (Å²) in [5.41, 5.74) is 0.267. The third-order valence-electron chi connectivity index (χ3n) is 4.20. The summed E-state index contributed by atoms with van der Waals surface area (Å²) in [5.74, 6) is 0.338. The summed E-state index contributed by atoms with van der Waals surface area (Å²) in [6.45, 7) is 1.05.